The van der Waals surface area contributed by atoms with Crippen molar-refractivity contribution in [3.63, 3.8) is 0 Å². The predicted molar refractivity (Wildman–Crippen MR) is 71.2 cm³/mol. The van der Waals surface area contributed by atoms with Gasteiger partial charge >= 0.3 is 0 Å². The number of aromatic nitrogens is 4. The number of hydrogen-bond acceptors (Lipinski definition) is 3. The van der Waals surface area contributed by atoms with Crippen LogP contribution >= 0.6 is 0 Å². The summed E-state index contributed by atoms with van der Waals surface area (Å²) in [7, 11) is 0. The molecule has 18 heavy (non-hydrogen) atoms. The van der Waals surface area contributed by atoms with Crippen LogP contribution in [-0.2, 0) is 13.0 Å². The summed E-state index contributed by atoms with van der Waals surface area (Å²) in [5.74, 6) is 1.89. The molecule has 0 amide bonds. The molecule has 2 N–H and O–H groups in total. The van der Waals surface area contributed by atoms with Crippen molar-refractivity contribution in [1.82, 2.24) is 19.1 Å². The third-order valence-corrected chi connectivity index (χ3v) is 3.54. The molecule has 2 aromatic rings. The average Bonchev–Trinajstić information content (AvgIpc) is 3.00. The zero-order valence-electron chi connectivity index (χ0n) is 10.9. The fourth-order valence-electron chi connectivity index (χ4n) is 2.44. The molecule has 1 aliphatic carbocycles. The molecule has 0 unspecified atom stereocenters. The topological polar surface area (TPSA) is 61.7 Å². The van der Waals surface area contributed by atoms with E-state index < -0.39 is 0 Å². The number of hydrogen-bond donors (Lipinski definition) is 1. The molecule has 0 spiro atoms. The van der Waals surface area contributed by atoms with Gasteiger partial charge in [-0.25, -0.2) is 9.97 Å². The van der Waals surface area contributed by atoms with Gasteiger partial charge in [-0.2, -0.15) is 0 Å². The van der Waals surface area contributed by atoms with E-state index in [0.29, 0.717) is 6.04 Å². The van der Waals surface area contributed by atoms with Crippen LogP contribution in [0.2, 0.25) is 0 Å². The van der Waals surface area contributed by atoms with Crippen molar-refractivity contribution in [3.8, 4) is 11.4 Å². The van der Waals surface area contributed by atoms with Crippen molar-refractivity contribution < 1.29 is 0 Å². The van der Waals surface area contributed by atoms with Crippen LogP contribution in [0, 0.1) is 0 Å². The van der Waals surface area contributed by atoms with E-state index in [0.717, 1.165) is 36.0 Å². The van der Waals surface area contributed by atoms with Gasteiger partial charge in [-0.05, 0) is 19.8 Å². The van der Waals surface area contributed by atoms with Crippen molar-refractivity contribution >= 4 is 5.82 Å². The van der Waals surface area contributed by atoms with Crippen LogP contribution in [0.25, 0.3) is 11.4 Å². The van der Waals surface area contributed by atoms with Gasteiger partial charge in [-0.3, -0.25) is 0 Å². The summed E-state index contributed by atoms with van der Waals surface area (Å²) in [6.45, 7) is 5.11. The summed E-state index contributed by atoms with van der Waals surface area (Å²) in [5, 5.41) is 0. The molecule has 5 heteroatoms. The maximum atomic E-state index is 6.29. The van der Waals surface area contributed by atoms with Crippen molar-refractivity contribution in [2.24, 2.45) is 0 Å². The first kappa shape index (κ1) is 11.3. The molecular weight excluding hydrogens is 226 g/mol. The molecule has 96 valence electrons. The van der Waals surface area contributed by atoms with E-state index in [1.807, 2.05) is 12.5 Å². The second-order valence-corrected chi connectivity index (χ2v) is 4.78. The highest BCUT2D eigenvalue weighted by Gasteiger charge is 2.30. The average molecular weight is 245 g/mol. The Kier molecular flexibility index (Phi) is 2.61. The van der Waals surface area contributed by atoms with E-state index in [9.17, 15) is 0 Å². The summed E-state index contributed by atoms with van der Waals surface area (Å²) in [5.41, 5.74) is 8.20. The molecule has 3 rings (SSSR count). The summed E-state index contributed by atoms with van der Waals surface area (Å²) in [6.07, 6.45) is 7.04. The number of aryl methyl sites for hydroxylation is 2. The van der Waals surface area contributed by atoms with E-state index in [1.54, 1.807) is 0 Å². The van der Waals surface area contributed by atoms with Crippen LogP contribution in [0.1, 0.15) is 38.6 Å². The van der Waals surface area contributed by atoms with Gasteiger partial charge in [0, 0.05) is 19.0 Å². The molecule has 0 saturated heterocycles. The summed E-state index contributed by atoms with van der Waals surface area (Å²) in [4.78, 5) is 8.91. The highest BCUT2D eigenvalue weighted by molar-refractivity contribution is 5.68. The van der Waals surface area contributed by atoms with Gasteiger partial charge in [-0.1, -0.05) is 6.92 Å². The van der Waals surface area contributed by atoms with Crippen molar-refractivity contribution in [2.75, 3.05) is 5.73 Å². The molecule has 0 radical (unpaired) electrons. The Bertz CT molecular complexity index is 562. The molecule has 0 atom stereocenters. The van der Waals surface area contributed by atoms with Crippen LogP contribution < -0.4 is 5.73 Å². The van der Waals surface area contributed by atoms with Crippen LogP contribution in [0.4, 0.5) is 5.82 Å². The monoisotopic (exact) mass is 245 g/mol. The first-order valence-corrected chi connectivity index (χ1v) is 6.63. The minimum atomic E-state index is 0.569. The first-order chi connectivity index (χ1) is 8.76. The highest BCUT2D eigenvalue weighted by atomic mass is 15.2. The highest BCUT2D eigenvalue weighted by Crippen LogP contribution is 2.40. The number of nitrogen functional groups attached to an aromatic ring is 1. The minimum absolute atomic E-state index is 0.569. The zero-order valence-corrected chi connectivity index (χ0v) is 10.9. The molecule has 0 aromatic carbocycles. The van der Waals surface area contributed by atoms with Gasteiger partial charge in [0.1, 0.15) is 17.3 Å². The van der Waals surface area contributed by atoms with Crippen LogP contribution in [0.3, 0.4) is 0 Å². The predicted octanol–water partition coefficient (Wildman–Crippen LogP) is 2.25. The Hall–Kier alpha value is -1.78. The molecule has 0 aliphatic heterocycles. The number of rotatable bonds is 4. The molecule has 0 bridgehead atoms. The van der Waals surface area contributed by atoms with Gasteiger partial charge < -0.3 is 14.9 Å². The Morgan fingerprint density at radius 2 is 2.17 bits per heavy atom. The molecule has 1 saturated carbocycles. The molecule has 2 heterocycles. The van der Waals surface area contributed by atoms with Gasteiger partial charge in [0.25, 0.3) is 0 Å². The largest absolute Gasteiger partial charge is 0.383 e. The maximum absolute atomic E-state index is 6.29. The third kappa shape index (κ3) is 1.62. The second-order valence-electron chi connectivity index (χ2n) is 4.78. The standard InChI is InChI=1S/C13H19N5/c1-3-11-16-12(10-7-15-8-17(10)4-2)13(14)18(11)9-5-6-9/h7-9H,3-6,14H2,1-2H3. The number of nitrogens with two attached hydrogens (primary N) is 1. The smallest absolute Gasteiger partial charge is 0.133 e. The fraction of sp³-hybridized carbons (Fsp3) is 0.538. The van der Waals surface area contributed by atoms with Crippen molar-refractivity contribution in [3.05, 3.63) is 18.3 Å². The summed E-state index contributed by atoms with van der Waals surface area (Å²) < 4.78 is 4.29. The Morgan fingerprint density at radius 1 is 1.39 bits per heavy atom. The SMILES string of the molecule is CCc1nc(-c2cncn2CC)c(N)n1C1CC1. The molecular formula is C13H19N5. The van der Waals surface area contributed by atoms with E-state index in [-0.39, 0.29) is 0 Å². The number of nitrogens with zero attached hydrogens (tertiary/aromatic N) is 4. The van der Waals surface area contributed by atoms with Crippen LogP contribution in [0.5, 0.6) is 0 Å². The third-order valence-electron chi connectivity index (χ3n) is 3.54. The lowest BCUT2D eigenvalue weighted by Crippen LogP contribution is -2.04. The van der Waals surface area contributed by atoms with E-state index in [1.165, 1.54) is 12.8 Å². The fourth-order valence-corrected chi connectivity index (χ4v) is 2.44. The number of imidazole rings is 2. The maximum Gasteiger partial charge on any atom is 0.133 e. The van der Waals surface area contributed by atoms with Crippen molar-refractivity contribution in [1.29, 1.82) is 0 Å². The lowest BCUT2D eigenvalue weighted by molar-refractivity contribution is 0.696. The van der Waals surface area contributed by atoms with Gasteiger partial charge in [0.15, 0.2) is 0 Å². The quantitative estimate of drug-likeness (QED) is 0.898. The molecule has 2 aromatic heterocycles. The Labute approximate surface area is 107 Å². The van der Waals surface area contributed by atoms with Crippen LogP contribution in [-0.4, -0.2) is 19.1 Å². The zero-order chi connectivity index (χ0) is 12.7. The molecule has 1 fully saturated rings. The van der Waals surface area contributed by atoms with E-state index in [2.05, 4.69) is 28.0 Å². The Morgan fingerprint density at radius 3 is 2.78 bits per heavy atom. The second kappa shape index (κ2) is 4.15. The molecule has 1 aliphatic rings. The van der Waals surface area contributed by atoms with Gasteiger partial charge in [0.05, 0.1) is 18.2 Å². The lowest BCUT2D eigenvalue weighted by atomic mass is 10.3. The van der Waals surface area contributed by atoms with E-state index >= 15 is 0 Å². The van der Waals surface area contributed by atoms with Gasteiger partial charge in [0.2, 0.25) is 0 Å². The lowest BCUT2D eigenvalue weighted by Gasteiger charge is -2.07. The minimum Gasteiger partial charge on any atom is -0.383 e. The summed E-state index contributed by atoms with van der Waals surface area (Å²) in [6, 6.07) is 0.569. The Balaban J connectivity index is 2.12. The van der Waals surface area contributed by atoms with Crippen LogP contribution in [0.15, 0.2) is 12.5 Å². The summed E-state index contributed by atoms with van der Waals surface area (Å²) >= 11 is 0. The molecule has 5 nitrogen and oxygen atoms in total. The first-order valence-electron chi connectivity index (χ1n) is 6.63. The normalized spacial score (nSPS) is 15.2. The van der Waals surface area contributed by atoms with Crippen molar-refractivity contribution in [2.45, 2.75) is 45.7 Å². The van der Waals surface area contributed by atoms with E-state index in [4.69, 9.17) is 10.7 Å². The number of anilines is 1. The van der Waals surface area contributed by atoms with Gasteiger partial charge in [-0.15, -0.1) is 0 Å².